The number of H-pyrrole nitrogens is 1. The summed E-state index contributed by atoms with van der Waals surface area (Å²) in [5.74, 6) is 0.780. The van der Waals surface area contributed by atoms with E-state index in [1.165, 1.54) is 29.5 Å². The number of carbonyl (C=O) groups is 1. The Kier molecular flexibility index (Phi) is 14.3. The first-order valence-corrected chi connectivity index (χ1v) is 16.8. The van der Waals surface area contributed by atoms with Crippen LogP contribution in [0.5, 0.6) is 0 Å². The summed E-state index contributed by atoms with van der Waals surface area (Å²) in [7, 11) is -1.00. The molecule has 2 aromatic carbocycles. The van der Waals surface area contributed by atoms with Crippen molar-refractivity contribution in [2.45, 2.75) is 49.3 Å². The summed E-state index contributed by atoms with van der Waals surface area (Å²) in [6, 6.07) is 22.8. The molecule has 3 aromatic heterocycles. The number of nitrogens with one attached hydrogen (secondary N) is 2. The van der Waals surface area contributed by atoms with Crippen LogP contribution in [-0.2, 0) is 30.3 Å². The van der Waals surface area contributed by atoms with Gasteiger partial charge >= 0.3 is 11.3 Å². The predicted octanol–water partition coefficient (Wildman–Crippen LogP) is 6.71. The highest BCUT2D eigenvalue weighted by Gasteiger charge is 2.25. The summed E-state index contributed by atoms with van der Waals surface area (Å²) < 4.78 is 25.6. The molecule has 2 N–H and O–H groups in total. The molecule has 13 heteroatoms. The third kappa shape index (κ3) is 10.7. The minimum atomic E-state index is -1.00. The molecule has 0 aliphatic carbocycles. The van der Waals surface area contributed by atoms with Gasteiger partial charge in [0.25, 0.3) is 11.5 Å². The Hall–Kier alpha value is -4.20. The molecule has 0 radical (unpaired) electrons. The highest BCUT2D eigenvalue weighted by atomic mass is 79.9. The van der Waals surface area contributed by atoms with Crippen LogP contribution >= 0.6 is 39.9 Å². The number of nitrogens with zero attached hydrogens (tertiary/aromatic N) is 1. The van der Waals surface area contributed by atoms with E-state index in [-0.39, 0.29) is 17.2 Å². The van der Waals surface area contributed by atoms with E-state index in [4.69, 9.17) is 22.4 Å². The van der Waals surface area contributed by atoms with Crippen molar-refractivity contribution in [2.75, 3.05) is 7.15 Å². The molecule has 0 fully saturated rings. The Morgan fingerprint density at radius 3 is 2.09 bits per heavy atom. The number of aromatic nitrogens is 2. The number of thiocarbonyl (C=S) groups is 1. The molecule has 5 aromatic rings. The maximum absolute atomic E-state index is 12.2. The molecule has 1 aliphatic heterocycles. The first-order valence-electron chi connectivity index (χ1n) is 15.0. The molecule has 9 nitrogen and oxygen atoms in total. The van der Waals surface area contributed by atoms with Crippen molar-refractivity contribution < 1.29 is 19.4 Å². The Bertz CT molecular complexity index is 2010. The average Bonchev–Trinajstić information content (AvgIpc) is 3.07. The lowest BCUT2D eigenvalue weighted by Crippen LogP contribution is -2.37. The summed E-state index contributed by atoms with van der Waals surface area (Å²) >= 11 is 9.64. The molecule has 0 unspecified atom stereocenters. The zero-order chi connectivity index (χ0) is 35.1. The quantitative estimate of drug-likeness (QED) is 0.0842. The van der Waals surface area contributed by atoms with Crippen LogP contribution in [0.15, 0.2) is 101 Å². The van der Waals surface area contributed by atoms with Crippen LogP contribution in [0.25, 0.3) is 11.1 Å². The average molecular weight is 744 g/mol. The number of amides is 1. The number of benzene rings is 2. The van der Waals surface area contributed by atoms with Crippen LogP contribution in [-0.4, -0.2) is 28.0 Å². The zero-order valence-corrected chi connectivity index (χ0v) is 28.9. The minimum Gasteiger partial charge on any atom is -0.427 e. The molecular formula is C34H33BrFN3O6S2. The number of hydrogen-bond acceptors (Lipinski definition) is 9. The van der Waals surface area contributed by atoms with Gasteiger partial charge in [-0.1, -0.05) is 114 Å². The molecular weight excluding hydrogens is 709 g/mol. The number of aryl methyl sites for hydroxylation is 2. The largest absolute Gasteiger partial charge is 0.427 e. The van der Waals surface area contributed by atoms with Gasteiger partial charge in [-0.25, -0.2) is 9.59 Å². The van der Waals surface area contributed by atoms with Crippen molar-refractivity contribution in [3.63, 3.8) is 0 Å². The number of thioether (sulfide) groups is 1. The van der Waals surface area contributed by atoms with Gasteiger partial charge in [0.15, 0.2) is 5.16 Å². The SMILES string of the molecule is BrCc1ccccc1.CCc1cc(=O)oc2c1C(=O)NC(=S)C2.CCc1cc(=O)oc2nc(SCc3ccccc3)[nH]c(=O)c12.[2H]CF. The first-order chi connectivity index (χ1) is 23.1. The van der Waals surface area contributed by atoms with Crippen LogP contribution in [0, 0.1) is 0 Å². The highest BCUT2D eigenvalue weighted by molar-refractivity contribution is 9.08. The van der Waals surface area contributed by atoms with Crippen LogP contribution in [0.1, 0.15) is 53.6 Å². The third-order valence-corrected chi connectivity index (χ3v) is 8.41. The van der Waals surface area contributed by atoms with Gasteiger partial charge in [0.1, 0.15) is 11.1 Å². The van der Waals surface area contributed by atoms with E-state index < -0.39 is 18.4 Å². The standard InChI is InChI=1S/C16H14N2O3S.C10H9NO3S.C7H7Br.CH3F/c1-2-11-8-12(19)21-15-13(11)14(20)17-16(18-15)22-9-10-6-4-3-5-7-10;1-2-5-3-8(12)14-6-4-7(15)11-10(13)9(5)6;8-6-7-4-2-1-3-5-7;1-2/h3-8H,2,9H2,1H3,(H,17,18,20);3H,2,4H2,1H3,(H,11,13,15);1-5H,6H2;1H3/i;;;1D. The fraction of sp³-hybridized carbons (Fsp3) is 0.235. The zero-order valence-electron chi connectivity index (χ0n) is 26.6. The monoisotopic (exact) mass is 742 g/mol. The normalized spacial score (nSPS) is 11.8. The number of fused-ring (bicyclic) bond motifs is 2. The van der Waals surface area contributed by atoms with Gasteiger partial charge < -0.3 is 19.1 Å². The van der Waals surface area contributed by atoms with E-state index in [0.717, 1.165) is 10.9 Å². The van der Waals surface area contributed by atoms with Crippen LogP contribution in [0.3, 0.4) is 0 Å². The minimum absolute atomic E-state index is 0.101. The van der Waals surface area contributed by atoms with Crippen molar-refractivity contribution in [1.29, 1.82) is 0 Å². The summed E-state index contributed by atoms with van der Waals surface area (Å²) in [6.45, 7) is 3.76. The van der Waals surface area contributed by atoms with Crippen LogP contribution in [0.4, 0.5) is 4.39 Å². The number of carbonyl (C=O) groups excluding carboxylic acids is 1. The molecule has 0 saturated heterocycles. The molecule has 0 atom stereocenters. The number of alkyl halides is 2. The van der Waals surface area contributed by atoms with E-state index in [1.54, 1.807) is 0 Å². The lowest BCUT2D eigenvalue weighted by molar-refractivity contribution is 0.0968. The van der Waals surface area contributed by atoms with E-state index in [1.807, 2.05) is 62.4 Å². The number of rotatable bonds is 6. The fourth-order valence-corrected chi connectivity index (χ4v) is 5.83. The van der Waals surface area contributed by atoms with Crippen molar-refractivity contribution in [2.24, 2.45) is 0 Å². The van der Waals surface area contributed by atoms with Gasteiger partial charge in [0.2, 0.25) is 5.71 Å². The second-order valence-corrected chi connectivity index (χ2v) is 11.7. The Morgan fingerprint density at radius 1 is 0.936 bits per heavy atom. The Balaban J connectivity index is 0.000000207. The molecule has 4 heterocycles. The van der Waals surface area contributed by atoms with Gasteiger partial charge in [-0.05, 0) is 35.1 Å². The van der Waals surface area contributed by atoms with Gasteiger partial charge in [-0.15, -0.1) is 0 Å². The molecule has 6 rings (SSSR count). The topological polar surface area (TPSA) is 135 Å². The second kappa shape index (κ2) is 18.8. The second-order valence-electron chi connectivity index (χ2n) is 9.69. The summed E-state index contributed by atoms with van der Waals surface area (Å²) in [6.07, 6.45) is 1.51. The number of aromatic amines is 1. The van der Waals surface area contributed by atoms with Crippen molar-refractivity contribution >= 4 is 61.9 Å². The molecule has 1 amide bonds. The summed E-state index contributed by atoms with van der Waals surface area (Å²) in [4.78, 5) is 54.0. The van der Waals surface area contributed by atoms with Gasteiger partial charge in [0.05, 0.1) is 25.5 Å². The molecule has 246 valence electrons. The first kappa shape index (κ1) is 35.7. The molecule has 0 bridgehead atoms. The third-order valence-electron chi connectivity index (χ3n) is 6.57. The predicted molar refractivity (Wildman–Crippen MR) is 191 cm³/mol. The fourth-order valence-electron chi connectivity index (χ4n) is 4.42. The van der Waals surface area contributed by atoms with E-state index in [9.17, 15) is 23.6 Å². The van der Waals surface area contributed by atoms with E-state index in [0.29, 0.717) is 63.0 Å². The molecule has 1 aliphatic rings. The summed E-state index contributed by atoms with van der Waals surface area (Å²) in [5.41, 5.74) is 3.19. The lowest BCUT2D eigenvalue weighted by atomic mass is 10.0. The van der Waals surface area contributed by atoms with Crippen molar-refractivity contribution in [3.8, 4) is 0 Å². The van der Waals surface area contributed by atoms with Gasteiger partial charge in [0, 0.05) is 23.2 Å². The lowest BCUT2D eigenvalue weighted by Gasteiger charge is -2.17. The smallest absolute Gasteiger partial charge is 0.337 e. The van der Waals surface area contributed by atoms with E-state index in [2.05, 4.69) is 43.3 Å². The van der Waals surface area contributed by atoms with Crippen molar-refractivity contribution in [1.82, 2.24) is 15.3 Å². The van der Waals surface area contributed by atoms with E-state index >= 15 is 0 Å². The molecule has 0 saturated carbocycles. The highest BCUT2D eigenvalue weighted by Crippen LogP contribution is 2.21. The Labute approximate surface area is 289 Å². The van der Waals surface area contributed by atoms with Crippen LogP contribution in [0.2, 0.25) is 0 Å². The molecule has 47 heavy (non-hydrogen) atoms. The Morgan fingerprint density at radius 2 is 1.51 bits per heavy atom. The van der Waals surface area contributed by atoms with Gasteiger partial charge in [-0.2, -0.15) is 4.98 Å². The van der Waals surface area contributed by atoms with Crippen molar-refractivity contribution in [3.05, 3.63) is 138 Å². The summed E-state index contributed by atoms with van der Waals surface area (Å²) in [5, 5.41) is 4.31. The number of halogens is 2. The van der Waals surface area contributed by atoms with Gasteiger partial charge in [-0.3, -0.25) is 14.0 Å². The maximum atomic E-state index is 12.2. The molecule has 0 spiro atoms. The number of hydrogen-bond donors (Lipinski definition) is 2. The maximum Gasteiger partial charge on any atom is 0.337 e. The van der Waals surface area contributed by atoms with Crippen LogP contribution < -0.4 is 22.1 Å².